The van der Waals surface area contributed by atoms with Crippen LogP contribution >= 0.6 is 35.3 Å². The number of methoxy groups -OCH3 is 2. The van der Waals surface area contributed by atoms with Crippen molar-refractivity contribution in [3.8, 4) is 11.5 Å². The number of halogens is 1. The number of nitrogens with zero attached hydrogens (tertiary/aromatic N) is 4. The zero-order chi connectivity index (χ0) is 22.2. The summed E-state index contributed by atoms with van der Waals surface area (Å²) in [5, 5.41) is 17.3. The number of rotatable bonds is 9. The zero-order valence-electron chi connectivity index (χ0n) is 19.1. The Balaban J connectivity index is 0.00000363. The molecule has 0 saturated carbocycles. The van der Waals surface area contributed by atoms with Gasteiger partial charge in [0.1, 0.15) is 23.9 Å². The molecule has 0 fully saturated rings. The van der Waals surface area contributed by atoms with Gasteiger partial charge in [0.2, 0.25) is 0 Å². The van der Waals surface area contributed by atoms with Crippen LogP contribution in [0.3, 0.4) is 0 Å². The number of aromatic nitrogens is 3. The first-order valence-corrected chi connectivity index (χ1v) is 11.0. The number of benzene rings is 1. The van der Waals surface area contributed by atoms with Gasteiger partial charge < -0.3 is 24.7 Å². The highest BCUT2D eigenvalue weighted by Gasteiger charge is 2.15. The lowest BCUT2D eigenvalue weighted by atomic mass is 10.1. The minimum absolute atomic E-state index is 0. The summed E-state index contributed by atoms with van der Waals surface area (Å²) in [6.07, 6.45) is 0.929. The molecule has 0 aliphatic rings. The summed E-state index contributed by atoms with van der Waals surface area (Å²) in [4.78, 5) is 6.08. The SMILES string of the molecule is COc1ccc(OC)c(C(C)NC(=NCc2nnc(C)n2C)NCCc2cccs2)c1.I. The Kier molecular flexibility index (Phi) is 10.2. The highest BCUT2D eigenvalue weighted by molar-refractivity contribution is 14.0. The van der Waals surface area contributed by atoms with Gasteiger partial charge in [-0.1, -0.05) is 6.07 Å². The van der Waals surface area contributed by atoms with Crippen LogP contribution in [0.25, 0.3) is 0 Å². The number of thiophene rings is 1. The second-order valence-corrected chi connectivity index (χ2v) is 8.15. The lowest BCUT2D eigenvalue weighted by Crippen LogP contribution is -2.40. The van der Waals surface area contributed by atoms with E-state index >= 15 is 0 Å². The fourth-order valence-corrected chi connectivity index (χ4v) is 3.82. The monoisotopic (exact) mass is 570 g/mol. The Morgan fingerprint density at radius 2 is 2.03 bits per heavy atom. The van der Waals surface area contributed by atoms with Crippen LogP contribution in [-0.2, 0) is 20.0 Å². The van der Waals surface area contributed by atoms with E-state index in [-0.39, 0.29) is 30.0 Å². The molecule has 1 atom stereocenters. The molecule has 0 spiro atoms. The first-order chi connectivity index (χ1) is 15.0. The molecule has 0 aliphatic heterocycles. The first-order valence-electron chi connectivity index (χ1n) is 10.2. The van der Waals surface area contributed by atoms with Crippen molar-refractivity contribution in [2.45, 2.75) is 32.9 Å². The third-order valence-corrected chi connectivity index (χ3v) is 6.00. The zero-order valence-corrected chi connectivity index (χ0v) is 22.2. The van der Waals surface area contributed by atoms with Crippen molar-refractivity contribution in [3.05, 3.63) is 57.8 Å². The molecular weight excluding hydrogens is 539 g/mol. The van der Waals surface area contributed by atoms with Crippen molar-refractivity contribution < 1.29 is 9.47 Å². The molecule has 0 radical (unpaired) electrons. The average Bonchev–Trinajstić information content (AvgIpc) is 3.41. The fraction of sp³-hybridized carbons (Fsp3) is 0.409. The van der Waals surface area contributed by atoms with E-state index in [0.717, 1.165) is 41.7 Å². The summed E-state index contributed by atoms with van der Waals surface area (Å²) in [6.45, 7) is 5.19. The van der Waals surface area contributed by atoms with Crippen LogP contribution in [0.2, 0.25) is 0 Å². The minimum Gasteiger partial charge on any atom is -0.497 e. The van der Waals surface area contributed by atoms with Gasteiger partial charge in [-0.15, -0.1) is 45.5 Å². The van der Waals surface area contributed by atoms with Crippen molar-refractivity contribution in [2.24, 2.45) is 12.0 Å². The van der Waals surface area contributed by atoms with E-state index in [0.29, 0.717) is 12.5 Å². The molecular formula is C22H31IN6O2S. The molecule has 2 N–H and O–H groups in total. The molecule has 0 amide bonds. The molecule has 32 heavy (non-hydrogen) atoms. The normalized spacial score (nSPS) is 12.1. The second-order valence-electron chi connectivity index (χ2n) is 7.12. The Bertz CT molecular complexity index is 1010. The van der Waals surface area contributed by atoms with Gasteiger partial charge in [-0.3, -0.25) is 0 Å². The van der Waals surface area contributed by atoms with Gasteiger partial charge in [-0.2, -0.15) is 0 Å². The Hall–Kier alpha value is -2.34. The van der Waals surface area contributed by atoms with Gasteiger partial charge in [0.25, 0.3) is 0 Å². The van der Waals surface area contributed by atoms with Crippen LogP contribution in [0.1, 0.15) is 35.1 Å². The lowest BCUT2D eigenvalue weighted by Gasteiger charge is -2.21. The molecule has 1 unspecified atom stereocenters. The molecule has 10 heteroatoms. The topological polar surface area (TPSA) is 85.6 Å². The van der Waals surface area contributed by atoms with Gasteiger partial charge in [-0.25, -0.2) is 4.99 Å². The predicted octanol–water partition coefficient (Wildman–Crippen LogP) is 3.86. The van der Waals surface area contributed by atoms with Crippen molar-refractivity contribution >= 4 is 41.3 Å². The van der Waals surface area contributed by atoms with Crippen molar-refractivity contribution in [2.75, 3.05) is 20.8 Å². The number of aryl methyl sites for hydroxylation is 1. The van der Waals surface area contributed by atoms with Crippen LogP contribution in [-0.4, -0.2) is 41.5 Å². The van der Waals surface area contributed by atoms with E-state index in [1.54, 1.807) is 25.6 Å². The van der Waals surface area contributed by atoms with Gasteiger partial charge in [0.05, 0.1) is 20.3 Å². The highest BCUT2D eigenvalue weighted by atomic mass is 127. The van der Waals surface area contributed by atoms with Crippen molar-refractivity contribution in [1.29, 1.82) is 0 Å². The summed E-state index contributed by atoms with van der Waals surface area (Å²) in [7, 11) is 5.27. The molecule has 3 aromatic rings. The Morgan fingerprint density at radius 1 is 1.22 bits per heavy atom. The first kappa shape index (κ1) is 25.9. The summed E-state index contributed by atoms with van der Waals surface area (Å²) in [5.74, 6) is 3.95. The average molecular weight is 571 g/mol. The van der Waals surface area contributed by atoms with E-state index in [9.17, 15) is 0 Å². The summed E-state index contributed by atoms with van der Waals surface area (Å²) in [5.41, 5.74) is 0.990. The lowest BCUT2D eigenvalue weighted by molar-refractivity contribution is 0.394. The molecule has 1 aromatic carbocycles. The van der Waals surface area contributed by atoms with E-state index in [4.69, 9.17) is 14.5 Å². The summed E-state index contributed by atoms with van der Waals surface area (Å²) < 4.78 is 12.9. The second kappa shape index (κ2) is 12.6. The molecule has 0 bridgehead atoms. The summed E-state index contributed by atoms with van der Waals surface area (Å²) >= 11 is 1.76. The summed E-state index contributed by atoms with van der Waals surface area (Å²) in [6, 6.07) is 9.93. The Labute approximate surface area is 210 Å². The fourth-order valence-electron chi connectivity index (χ4n) is 3.11. The number of aliphatic imine (C=N–C) groups is 1. The number of hydrogen-bond acceptors (Lipinski definition) is 6. The van der Waals surface area contributed by atoms with E-state index in [1.807, 2.05) is 36.7 Å². The van der Waals surface area contributed by atoms with E-state index in [2.05, 4.69) is 45.3 Å². The third-order valence-electron chi connectivity index (χ3n) is 5.06. The maximum Gasteiger partial charge on any atom is 0.192 e. The smallest absolute Gasteiger partial charge is 0.192 e. The quantitative estimate of drug-likeness (QED) is 0.231. The van der Waals surface area contributed by atoms with Crippen LogP contribution in [0.4, 0.5) is 0 Å². The standard InChI is InChI=1S/C22H30N6O2S.HI/c1-15(19-13-17(29-4)8-9-20(19)30-5)25-22(23-11-10-18-7-6-12-31-18)24-14-21-27-26-16(2)28(21)3;/h6-9,12-13,15H,10-11,14H2,1-5H3,(H2,23,24,25);1H. The van der Waals surface area contributed by atoms with Crippen LogP contribution < -0.4 is 20.1 Å². The van der Waals surface area contributed by atoms with E-state index < -0.39 is 0 Å². The van der Waals surface area contributed by atoms with Gasteiger partial charge in [0.15, 0.2) is 11.8 Å². The maximum atomic E-state index is 5.55. The van der Waals surface area contributed by atoms with Crippen LogP contribution in [0.5, 0.6) is 11.5 Å². The van der Waals surface area contributed by atoms with Crippen LogP contribution in [0, 0.1) is 6.92 Å². The molecule has 174 valence electrons. The Morgan fingerprint density at radius 3 is 2.66 bits per heavy atom. The molecule has 3 rings (SSSR count). The molecule has 8 nitrogen and oxygen atoms in total. The van der Waals surface area contributed by atoms with Crippen molar-refractivity contribution in [3.63, 3.8) is 0 Å². The van der Waals surface area contributed by atoms with Gasteiger partial charge in [0, 0.05) is 24.0 Å². The van der Waals surface area contributed by atoms with Crippen molar-refractivity contribution in [1.82, 2.24) is 25.4 Å². The van der Waals surface area contributed by atoms with Gasteiger partial charge >= 0.3 is 0 Å². The predicted molar refractivity (Wildman–Crippen MR) is 139 cm³/mol. The highest BCUT2D eigenvalue weighted by Crippen LogP contribution is 2.29. The van der Waals surface area contributed by atoms with Crippen LogP contribution in [0.15, 0.2) is 40.7 Å². The number of nitrogens with one attached hydrogen (secondary N) is 2. The maximum absolute atomic E-state index is 5.55. The van der Waals surface area contributed by atoms with Gasteiger partial charge in [-0.05, 0) is 49.9 Å². The number of hydrogen-bond donors (Lipinski definition) is 2. The molecule has 0 saturated heterocycles. The molecule has 2 heterocycles. The molecule has 2 aromatic heterocycles. The minimum atomic E-state index is -0.0562. The van der Waals surface area contributed by atoms with E-state index in [1.165, 1.54) is 4.88 Å². The largest absolute Gasteiger partial charge is 0.497 e. The number of ether oxygens (including phenoxy) is 2. The molecule has 0 aliphatic carbocycles. The number of guanidine groups is 1. The third kappa shape index (κ3) is 6.83.